The summed E-state index contributed by atoms with van der Waals surface area (Å²) >= 11 is 3.46. The molecule has 3 aromatic rings. The topological polar surface area (TPSA) is 61.4 Å². The first-order valence-electron chi connectivity index (χ1n) is 10.2. The fraction of sp³-hybridized carbons (Fsp3) is 0.200. The standard InChI is InChI=1S/C25H24BrN3O2/c1-16-12-21(10-11-22(16)26)28-25(31)27-15-18-8-9-20-13-17(2)29(23(20)14-18)24(30)19-6-4-3-5-7-19/h3-12,14,17H,13,15H2,1-2H3,(H2,27,28,31)/t17-/m0/s1. The number of carbonyl (C=O) groups is 2. The van der Waals surface area contributed by atoms with Gasteiger partial charge in [0.1, 0.15) is 0 Å². The molecule has 3 amide bonds. The fourth-order valence-corrected chi connectivity index (χ4v) is 4.12. The number of aryl methyl sites for hydroxylation is 1. The minimum absolute atomic E-state index is 0.000287. The monoisotopic (exact) mass is 477 g/mol. The second kappa shape index (κ2) is 8.94. The van der Waals surface area contributed by atoms with Crippen molar-refractivity contribution in [2.75, 3.05) is 10.2 Å². The summed E-state index contributed by atoms with van der Waals surface area (Å²) in [6.45, 7) is 4.41. The fourth-order valence-electron chi connectivity index (χ4n) is 3.87. The molecule has 1 aliphatic heterocycles. The number of urea groups is 1. The van der Waals surface area contributed by atoms with Crippen LogP contribution in [0, 0.1) is 6.92 Å². The number of hydrogen-bond donors (Lipinski definition) is 2. The van der Waals surface area contributed by atoms with E-state index in [0.717, 1.165) is 39.0 Å². The number of halogens is 1. The number of nitrogens with zero attached hydrogens (tertiary/aromatic N) is 1. The number of hydrogen-bond acceptors (Lipinski definition) is 2. The van der Waals surface area contributed by atoms with Gasteiger partial charge in [-0.25, -0.2) is 4.79 Å². The summed E-state index contributed by atoms with van der Waals surface area (Å²) in [6, 6.07) is 20.9. The minimum Gasteiger partial charge on any atom is -0.334 e. The van der Waals surface area contributed by atoms with Crippen molar-refractivity contribution in [1.29, 1.82) is 0 Å². The molecule has 4 rings (SSSR count). The highest BCUT2D eigenvalue weighted by atomic mass is 79.9. The molecule has 6 heteroatoms. The van der Waals surface area contributed by atoms with Crippen molar-refractivity contribution in [3.8, 4) is 0 Å². The van der Waals surface area contributed by atoms with Crippen LogP contribution in [0.4, 0.5) is 16.2 Å². The van der Waals surface area contributed by atoms with Gasteiger partial charge in [0.05, 0.1) is 0 Å². The van der Waals surface area contributed by atoms with Gasteiger partial charge in [-0.1, -0.05) is 46.3 Å². The molecule has 0 aromatic heterocycles. The van der Waals surface area contributed by atoms with Gasteiger partial charge < -0.3 is 15.5 Å². The normalized spacial score (nSPS) is 14.8. The zero-order valence-corrected chi connectivity index (χ0v) is 19.1. The summed E-state index contributed by atoms with van der Waals surface area (Å²) in [5, 5.41) is 5.75. The SMILES string of the molecule is Cc1cc(NC(=O)NCc2ccc3c(c2)N(C(=O)c2ccccc2)[C@@H](C)C3)ccc1Br. The van der Waals surface area contributed by atoms with Crippen LogP contribution >= 0.6 is 15.9 Å². The van der Waals surface area contributed by atoms with Gasteiger partial charge in [0.15, 0.2) is 0 Å². The Morgan fingerprint density at radius 2 is 1.84 bits per heavy atom. The summed E-state index contributed by atoms with van der Waals surface area (Å²) < 4.78 is 1.00. The molecule has 0 unspecified atom stereocenters. The van der Waals surface area contributed by atoms with E-state index in [1.165, 1.54) is 0 Å². The van der Waals surface area contributed by atoms with E-state index in [0.29, 0.717) is 12.1 Å². The third-order valence-corrected chi connectivity index (χ3v) is 6.36. The first kappa shape index (κ1) is 21.1. The highest BCUT2D eigenvalue weighted by Crippen LogP contribution is 2.34. The second-order valence-corrected chi connectivity index (χ2v) is 8.68. The zero-order chi connectivity index (χ0) is 22.0. The Morgan fingerprint density at radius 1 is 1.06 bits per heavy atom. The number of rotatable bonds is 4. The zero-order valence-electron chi connectivity index (χ0n) is 17.5. The van der Waals surface area contributed by atoms with Crippen LogP contribution in [0.5, 0.6) is 0 Å². The molecule has 1 atom stereocenters. The van der Waals surface area contributed by atoms with Gasteiger partial charge in [0.2, 0.25) is 0 Å². The Kier molecular flexibility index (Phi) is 6.09. The smallest absolute Gasteiger partial charge is 0.319 e. The van der Waals surface area contributed by atoms with Crippen molar-refractivity contribution < 1.29 is 9.59 Å². The average Bonchev–Trinajstić information content (AvgIpc) is 3.10. The largest absolute Gasteiger partial charge is 0.334 e. The van der Waals surface area contributed by atoms with E-state index in [9.17, 15) is 9.59 Å². The minimum atomic E-state index is -0.271. The van der Waals surface area contributed by atoms with E-state index in [1.54, 1.807) is 0 Å². The van der Waals surface area contributed by atoms with E-state index < -0.39 is 0 Å². The van der Waals surface area contributed by atoms with Crippen LogP contribution in [0.1, 0.15) is 34.0 Å². The molecular formula is C25H24BrN3O2. The van der Waals surface area contributed by atoms with Crippen LogP contribution in [-0.2, 0) is 13.0 Å². The summed E-state index contributed by atoms with van der Waals surface area (Å²) in [4.78, 5) is 27.3. The molecule has 5 nitrogen and oxygen atoms in total. The van der Waals surface area contributed by atoms with Crippen molar-refractivity contribution in [3.63, 3.8) is 0 Å². The molecule has 1 heterocycles. The van der Waals surface area contributed by atoms with E-state index >= 15 is 0 Å². The Morgan fingerprint density at radius 3 is 2.58 bits per heavy atom. The van der Waals surface area contributed by atoms with Gasteiger partial charge in [-0.15, -0.1) is 0 Å². The van der Waals surface area contributed by atoms with Crippen molar-refractivity contribution in [3.05, 3.63) is 93.5 Å². The third kappa shape index (κ3) is 4.64. The second-order valence-electron chi connectivity index (χ2n) is 7.83. The Balaban J connectivity index is 1.45. The molecule has 158 valence electrons. The predicted molar refractivity (Wildman–Crippen MR) is 128 cm³/mol. The number of fused-ring (bicyclic) bond motifs is 1. The summed E-state index contributed by atoms with van der Waals surface area (Å²) in [6.07, 6.45) is 0.824. The Labute approximate surface area is 190 Å². The van der Waals surface area contributed by atoms with Crippen LogP contribution in [0.25, 0.3) is 0 Å². The van der Waals surface area contributed by atoms with E-state index in [1.807, 2.05) is 72.5 Å². The van der Waals surface area contributed by atoms with Gasteiger partial charge in [-0.05, 0) is 73.4 Å². The van der Waals surface area contributed by atoms with Crippen molar-refractivity contribution in [2.24, 2.45) is 0 Å². The number of carbonyl (C=O) groups excluding carboxylic acids is 2. The van der Waals surface area contributed by atoms with Crippen LogP contribution in [0.2, 0.25) is 0 Å². The molecule has 0 radical (unpaired) electrons. The Hall–Kier alpha value is -3.12. The quantitative estimate of drug-likeness (QED) is 0.508. The van der Waals surface area contributed by atoms with Crippen LogP contribution in [0.15, 0.2) is 71.2 Å². The lowest BCUT2D eigenvalue weighted by atomic mass is 10.1. The van der Waals surface area contributed by atoms with Crippen LogP contribution in [0.3, 0.4) is 0 Å². The highest BCUT2D eigenvalue weighted by molar-refractivity contribution is 9.10. The number of anilines is 2. The molecule has 0 bridgehead atoms. The first-order chi connectivity index (χ1) is 14.9. The maximum Gasteiger partial charge on any atom is 0.319 e. The van der Waals surface area contributed by atoms with Crippen molar-refractivity contribution in [2.45, 2.75) is 32.9 Å². The van der Waals surface area contributed by atoms with Crippen LogP contribution in [-0.4, -0.2) is 18.0 Å². The number of benzene rings is 3. The molecule has 31 heavy (non-hydrogen) atoms. The Bertz CT molecular complexity index is 1130. The van der Waals surface area contributed by atoms with Gasteiger partial charge >= 0.3 is 6.03 Å². The van der Waals surface area contributed by atoms with Crippen LogP contribution < -0.4 is 15.5 Å². The lowest BCUT2D eigenvalue weighted by Crippen LogP contribution is -2.35. The molecule has 3 aromatic carbocycles. The summed E-state index contributed by atoms with van der Waals surface area (Å²) in [7, 11) is 0. The molecule has 0 aliphatic carbocycles. The van der Waals surface area contributed by atoms with E-state index in [-0.39, 0.29) is 18.0 Å². The molecule has 0 saturated carbocycles. The maximum absolute atomic E-state index is 13.1. The van der Waals surface area contributed by atoms with E-state index in [4.69, 9.17) is 0 Å². The molecule has 0 saturated heterocycles. The highest BCUT2D eigenvalue weighted by Gasteiger charge is 2.31. The average molecular weight is 478 g/mol. The molecule has 0 spiro atoms. The lowest BCUT2D eigenvalue weighted by molar-refractivity contribution is 0.0981. The number of nitrogens with one attached hydrogen (secondary N) is 2. The van der Waals surface area contributed by atoms with Gasteiger partial charge in [-0.3, -0.25) is 4.79 Å². The van der Waals surface area contributed by atoms with Crippen molar-refractivity contribution in [1.82, 2.24) is 5.32 Å². The number of amides is 3. The maximum atomic E-state index is 13.1. The predicted octanol–water partition coefficient (Wildman–Crippen LogP) is 5.67. The van der Waals surface area contributed by atoms with Gasteiger partial charge in [-0.2, -0.15) is 0 Å². The van der Waals surface area contributed by atoms with Gasteiger partial charge in [0.25, 0.3) is 5.91 Å². The molecule has 2 N–H and O–H groups in total. The third-order valence-electron chi connectivity index (χ3n) is 5.47. The van der Waals surface area contributed by atoms with Gasteiger partial charge in [0, 0.05) is 34.0 Å². The van der Waals surface area contributed by atoms with Crippen molar-refractivity contribution >= 4 is 39.2 Å². The summed E-state index contributed by atoms with van der Waals surface area (Å²) in [5.74, 6) is 0.000287. The molecular weight excluding hydrogens is 454 g/mol. The lowest BCUT2D eigenvalue weighted by Gasteiger charge is -2.23. The molecule has 1 aliphatic rings. The first-order valence-corrected chi connectivity index (χ1v) is 11.0. The molecule has 0 fully saturated rings. The van der Waals surface area contributed by atoms with E-state index in [2.05, 4.69) is 39.6 Å². The summed E-state index contributed by atoms with van der Waals surface area (Å²) in [5.41, 5.74) is 5.48.